The first kappa shape index (κ1) is 25.0. The quantitative estimate of drug-likeness (QED) is 0.311. The molecule has 3 rings (SSSR count). The Hall–Kier alpha value is -4.65. The molecule has 0 amide bonds. The largest absolute Gasteiger partial charge is 0.493 e. The molecule has 2 aromatic carbocycles. The Morgan fingerprint density at radius 2 is 1.54 bits per heavy atom. The summed E-state index contributed by atoms with van der Waals surface area (Å²) in [5, 5.41) is 22.7. The van der Waals surface area contributed by atoms with Gasteiger partial charge in [-0.05, 0) is 25.5 Å². The van der Waals surface area contributed by atoms with Gasteiger partial charge >= 0.3 is 5.69 Å². The number of Topliss-reactive ketones (excluding diaryl/α,β-unsaturated/α-hetero) is 2. The Kier molecular flexibility index (Phi) is 6.91. The van der Waals surface area contributed by atoms with Gasteiger partial charge < -0.3 is 19.9 Å². The van der Waals surface area contributed by atoms with Crippen LogP contribution in [-0.4, -0.2) is 48.1 Å². The van der Waals surface area contributed by atoms with E-state index in [9.17, 15) is 34.6 Å². The SMILES string of the molecule is COc1cc2c(cc1OC)C(=O)C(C(N)Cc1cc([N+](=O)[O-])cc([N+](=O)[O-])c1OC=O)=C(C)C2=O. The normalized spacial score (nSPS) is 13.7. The molecule has 2 N–H and O–H groups in total. The highest BCUT2D eigenvalue weighted by molar-refractivity contribution is 6.27. The molecule has 13 nitrogen and oxygen atoms in total. The highest BCUT2D eigenvalue weighted by Gasteiger charge is 2.35. The van der Waals surface area contributed by atoms with E-state index in [-0.39, 0.29) is 52.2 Å². The van der Waals surface area contributed by atoms with Crippen molar-refractivity contribution >= 4 is 29.4 Å². The summed E-state index contributed by atoms with van der Waals surface area (Å²) in [4.78, 5) is 58.3. The van der Waals surface area contributed by atoms with Crippen molar-refractivity contribution in [2.75, 3.05) is 14.2 Å². The Balaban J connectivity index is 2.12. The van der Waals surface area contributed by atoms with Crippen LogP contribution < -0.4 is 19.9 Å². The number of ether oxygens (including phenoxy) is 3. The highest BCUT2D eigenvalue weighted by Crippen LogP contribution is 2.39. The molecule has 0 fully saturated rings. The summed E-state index contributed by atoms with van der Waals surface area (Å²) in [6.45, 7) is 1.33. The Morgan fingerprint density at radius 1 is 0.971 bits per heavy atom. The van der Waals surface area contributed by atoms with E-state index in [1.165, 1.54) is 33.3 Å². The van der Waals surface area contributed by atoms with Gasteiger partial charge in [0.15, 0.2) is 23.1 Å². The number of non-ortho nitro benzene ring substituents is 1. The number of nitro groups is 2. The number of hydrogen-bond donors (Lipinski definition) is 1. The van der Waals surface area contributed by atoms with Gasteiger partial charge in [0.2, 0.25) is 5.75 Å². The van der Waals surface area contributed by atoms with Crippen LogP contribution >= 0.6 is 0 Å². The lowest BCUT2D eigenvalue weighted by Gasteiger charge is -2.24. The Labute approximate surface area is 197 Å². The lowest BCUT2D eigenvalue weighted by Crippen LogP contribution is -2.35. The van der Waals surface area contributed by atoms with Crippen LogP contribution in [0.2, 0.25) is 0 Å². The van der Waals surface area contributed by atoms with E-state index in [4.69, 9.17) is 19.9 Å². The van der Waals surface area contributed by atoms with E-state index in [0.717, 1.165) is 6.07 Å². The smallest absolute Gasteiger partial charge is 0.318 e. The van der Waals surface area contributed by atoms with Gasteiger partial charge in [0, 0.05) is 39.9 Å². The van der Waals surface area contributed by atoms with Crippen molar-refractivity contribution in [3.63, 3.8) is 0 Å². The maximum Gasteiger partial charge on any atom is 0.318 e. The minimum absolute atomic E-state index is 0.0121. The predicted molar refractivity (Wildman–Crippen MR) is 119 cm³/mol. The van der Waals surface area contributed by atoms with E-state index >= 15 is 0 Å². The van der Waals surface area contributed by atoms with Gasteiger partial charge in [0.1, 0.15) is 0 Å². The topological polar surface area (TPSA) is 191 Å². The second kappa shape index (κ2) is 9.69. The number of hydrogen-bond acceptors (Lipinski definition) is 11. The third kappa shape index (κ3) is 4.44. The summed E-state index contributed by atoms with van der Waals surface area (Å²) in [6.07, 6.45) is -0.389. The number of methoxy groups -OCH3 is 2. The molecular weight excluding hydrogens is 466 g/mol. The fourth-order valence-corrected chi connectivity index (χ4v) is 3.91. The molecule has 0 aliphatic heterocycles. The van der Waals surface area contributed by atoms with E-state index in [1.807, 2.05) is 0 Å². The maximum absolute atomic E-state index is 13.3. The fraction of sp³-hybridized carbons (Fsp3) is 0.227. The third-order valence-electron chi connectivity index (χ3n) is 5.52. The van der Waals surface area contributed by atoms with E-state index in [0.29, 0.717) is 6.07 Å². The lowest BCUT2D eigenvalue weighted by molar-refractivity contribution is -0.394. The number of allylic oxidation sites excluding steroid dienone is 1. The van der Waals surface area contributed by atoms with Crippen molar-refractivity contribution < 1.29 is 38.4 Å². The van der Waals surface area contributed by atoms with Crippen LogP contribution in [0.4, 0.5) is 11.4 Å². The molecule has 0 bridgehead atoms. The summed E-state index contributed by atoms with van der Waals surface area (Å²) < 4.78 is 15.1. The van der Waals surface area contributed by atoms with Crippen LogP contribution in [0, 0.1) is 20.2 Å². The summed E-state index contributed by atoms with van der Waals surface area (Å²) in [7, 11) is 2.73. The molecule has 2 aromatic rings. The number of rotatable bonds is 9. The molecule has 0 saturated heterocycles. The van der Waals surface area contributed by atoms with Gasteiger partial charge in [-0.25, -0.2) is 0 Å². The van der Waals surface area contributed by atoms with E-state index in [2.05, 4.69) is 0 Å². The third-order valence-corrected chi connectivity index (χ3v) is 5.52. The standard InChI is InChI=1S/C22H19N3O10/c1-10-19(21(28)14-8-18(34-3)17(33-2)7-13(14)20(10)27)15(23)5-11-4-12(24(29)30)6-16(25(31)32)22(11)35-9-26/h4,6-9,15H,5,23H2,1-3H3. The molecule has 0 saturated carbocycles. The van der Waals surface area contributed by atoms with Crippen LogP contribution in [0.25, 0.3) is 0 Å². The zero-order valence-corrected chi connectivity index (χ0v) is 18.7. The van der Waals surface area contributed by atoms with Gasteiger partial charge in [-0.15, -0.1) is 0 Å². The van der Waals surface area contributed by atoms with Crippen LogP contribution in [0.1, 0.15) is 33.2 Å². The predicted octanol–water partition coefficient (Wildman–Crippen LogP) is 2.32. The molecule has 1 aliphatic rings. The molecule has 182 valence electrons. The number of nitro benzene ring substituents is 2. The van der Waals surface area contributed by atoms with Gasteiger partial charge in [-0.1, -0.05) is 0 Å². The van der Waals surface area contributed by atoms with Gasteiger partial charge in [-0.3, -0.25) is 34.6 Å². The number of carbonyl (C=O) groups is 3. The number of nitrogens with zero attached hydrogens (tertiary/aromatic N) is 2. The number of benzene rings is 2. The molecule has 0 radical (unpaired) electrons. The average molecular weight is 485 g/mol. The minimum atomic E-state index is -1.23. The molecule has 1 unspecified atom stereocenters. The monoisotopic (exact) mass is 485 g/mol. The van der Waals surface area contributed by atoms with E-state index < -0.39 is 44.6 Å². The van der Waals surface area contributed by atoms with Crippen molar-refractivity contribution in [3.8, 4) is 17.2 Å². The minimum Gasteiger partial charge on any atom is -0.493 e. The van der Waals surface area contributed by atoms with E-state index in [1.54, 1.807) is 0 Å². The van der Waals surface area contributed by atoms with Crippen molar-refractivity contribution in [1.82, 2.24) is 0 Å². The van der Waals surface area contributed by atoms with Gasteiger partial charge in [0.05, 0.1) is 30.1 Å². The zero-order valence-electron chi connectivity index (χ0n) is 18.7. The Bertz CT molecular complexity index is 1320. The summed E-state index contributed by atoms with van der Waals surface area (Å²) in [5.74, 6) is -1.20. The molecule has 35 heavy (non-hydrogen) atoms. The second-order valence-electron chi connectivity index (χ2n) is 7.44. The average Bonchev–Trinajstić information content (AvgIpc) is 2.82. The van der Waals surface area contributed by atoms with Gasteiger partial charge in [0.25, 0.3) is 12.2 Å². The zero-order chi connectivity index (χ0) is 26.0. The first-order chi connectivity index (χ1) is 16.5. The van der Waals surface area contributed by atoms with Crippen LogP contribution in [0.3, 0.4) is 0 Å². The highest BCUT2D eigenvalue weighted by atomic mass is 16.6. The van der Waals surface area contributed by atoms with Crippen LogP contribution in [0.5, 0.6) is 17.2 Å². The summed E-state index contributed by atoms with van der Waals surface area (Å²) in [6, 6.07) is 3.08. The van der Waals surface area contributed by atoms with Crippen molar-refractivity contribution in [2.45, 2.75) is 19.4 Å². The van der Waals surface area contributed by atoms with Crippen LogP contribution in [0.15, 0.2) is 35.4 Å². The number of carbonyl (C=O) groups excluding carboxylic acids is 3. The van der Waals surface area contributed by atoms with Crippen molar-refractivity contribution in [1.29, 1.82) is 0 Å². The lowest BCUT2D eigenvalue weighted by atomic mass is 9.80. The van der Waals surface area contributed by atoms with Crippen molar-refractivity contribution in [3.05, 3.63) is 72.3 Å². The van der Waals surface area contributed by atoms with Gasteiger partial charge in [-0.2, -0.15) is 0 Å². The number of nitrogens with two attached hydrogens (primary N) is 1. The number of ketones is 2. The molecule has 0 aromatic heterocycles. The molecule has 1 atom stereocenters. The first-order valence-electron chi connectivity index (χ1n) is 9.93. The maximum atomic E-state index is 13.3. The Morgan fingerprint density at radius 3 is 2.03 bits per heavy atom. The molecular formula is C22H19N3O10. The summed E-state index contributed by atoms with van der Waals surface area (Å²) in [5.41, 5.74) is 4.65. The summed E-state index contributed by atoms with van der Waals surface area (Å²) >= 11 is 0. The molecule has 0 spiro atoms. The van der Waals surface area contributed by atoms with Crippen LogP contribution in [-0.2, 0) is 11.2 Å². The number of fused-ring (bicyclic) bond motifs is 1. The molecule has 1 aliphatic carbocycles. The van der Waals surface area contributed by atoms with Crippen molar-refractivity contribution in [2.24, 2.45) is 5.73 Å². The second-order valence-corrected chi connectivity index (χ2v) is 7.44. The fourth-order valence-electron chi connectivity index (χ4n) is 3.91. The molecule has 0 heterocycles. The first-order valence-corrected chi connectivity index (χ1v) is 9.93. The molecule has 13 heteroatoms.